The van der Waals surface area contributed by atoms with Crippen LogP contribution in [0.4, 0.5) is 5.69 Å². The number of nitrogens with two attached hydrogens (primary N) is 1. The highest BCUT2D eigenvalue weighted by atomic mass is 16.4. The summed E-state index contributed by atoms with van der Waals surface area (Å²) in [7, 11) is 0. The van der Waals surface area contributed by atoms with E-state index in [0.29, 0.717) is 29.9 Å². The molecule has 6 nitrogen and oxygen atoms in total. The zero-order chi connectivity index (χ0) is 12.5. The quantitative estimate of drug-likeness (QED) is 0.699. The molecule has 6 heteroatoms. The largest absolute Gasteiger partial charge is 0.420 e. The van der Waals surface area contributed by atoms with Crippen molar-refractivity contribution < 1.29 is 4.42 Å². The first-order chi connectivity index (χ1) is 8.74. The molecule has 0 spiro atoms. The maximum Gasteiger partial charge on any atom is 0.420 e. The molecule has 0 atom stereocenters. The molecule has 2 aromatic heterocycles. The molecule has 2 heterocycles. The molecule has 1 aromatic carbocycles. The molecule has 0 saturated heterocycles. The van der Waals surface area contributed by atoms with Gasteiger partial charge in [-0.05, 0) is 24.3 Å². The van der Waals surface area contributed by atoms with E-state index in [1.807, 2.05) is 12.3 Å². The Morgan fingerprint density at radius 3 is 3.00 bits per heavy atom. The van der Waals surface area contributed by atoms with Gasteiger partial charge in [0.2, 0.25) is 0 Å². The number of aryl methyl sites for hydroxylation is 2. The standard InChI is InChI=1S/C12H12N4O2/c13-9-2-3-11-10(8-9)16(12(17)18-11)7-6-15-5-1-4-14-15/h1-5,8H,6-7,13H2. The molecule has 0 saturated carbocycles. The molecular weight excluding hydrogens is 232 g/mol. The fraction of sp³-hybridized carbons (Fsp3) is 0.167. The van der Waals surface area contributed by atoms with Gasteiger partial charge in [0, 0.05) is 24.6 Å². The Hall–Kier alpha value is -2.50. The molecule has 0 unspecified atom stereocenters. The summed E-state index contributed by atoms with van der Waals surface area (Å²) in [5, 5.41) is 4.09. The summed E-state index contributed by atoms with van der Waals surface area (Å²) in [6.07, 6.45) is 3.55. The number of aromatic nitrogens is 3. The SMILES string of the molecule is Nc1ccc2oc(=O)n(CCn3cccn3)c2c1. The summed E-state index contributed by atoms with van der Waals surface area (Å²) in [5.41, 5.74) is 7.59. The highest BCUT2D eigenvalue weighted by molar-refractivity contribution is 5.76. The fourth-order valence-electron chi connectivity index (χ4n) is 1.93. The predicted molar refractivity (Wildman–Crippen MR) is 67.1 cm³/mol. The number of anilines is 1. The topological polar surface area (TPSA) is 79.0 Å². The van der Waals surface area contributed by atoms with Gasteiger partial charge >= 0.3 is 5.76 Å². The van der Waals surface area contributed by atoms with Crippen molar-refractivity contribution in [3.8, 4) is 0 Å². The molecule has 0 fully saturated rings. The molecule has 0 amide bonds. The molecule has 0 bridgehead atoms. The molecular formula is C12H12N4O2. The number of hydrogen-bond donors (Lipinski definition) is 1. The average molecular weight is 244 g/mol. The smallest absolute Gasteiger partial charge is 0.408 e. The van der Waals surface area contributed by atoms with Crippen LogP contribution in [0.15, 0.2) is 45.9 Å². The Kier molecular flexibility index (Phi) is 2.40. The lowest BCUT2D eigenvalue weighted by Gasteiger charge is -2.03. The summed E-state index contributed by atoms with van der Waals surface area (Å²) in [4.78, 5) is 11.7. The van der Waals surface area contributed by atoms with Gasteiger partial charge in [-0.2, -0.15) is 5.10 Å². The number of rotatable bonds is 3. The van der Waals surface area contributed by atoms with Crippen LogP contribution in [-0.2, 0) is 13.1 Å². The van der Waals surface area contributed by atoms with E-state index >= 15 is 0 Å². The maximum absolute atomic E-state index is 11.7. The van der Waals surface area contributed by atoms with Gasteiger partial charge in [-0.15, -0.1) is 0 Å². The molecule has 0 aliphatic carbocycles. The van der Waals surface area contributed by atoms with Gasteiger partial charge in [-0.25, -0.2) is 4.79 Å². The Bertz CT molecular complexity index is 724. The number of hydrogen-bond acceptors (Lipinski definition) is 4. The van der Waals surface area contributed by atoms with Crippen LogP contribution < -0.4 is 11.5 Å². The Morgan fingerprint density at radius 1 is 1.33 bits per heavy atom. The van der Waals surface area contributed by atoms with Crippen LogP contribution in [0.25, 0.3) is 11.1 Å². The number of nitrogen functional groups attached to an aromatic ring is 1. The van der Waals surface area contributed by atoms with Gasteiger partial charge in [-0.3, -0.25) is 9.25 Å². The van der Waals surface area contributed by atoms with Crippen LogP contribution in [-0.4, -0.2) is 14.3 Å². The fourth-order valence-corrected chi connectivity index (χ4v) is 1.93. The van der Waals surface area contributed by atoms with Crippen molar-refractivity contribution in [3.05, 3.63) is 47.2 Å². The second-order valence-electron chi connectivity index (χ2n) is 4.02. The summed E-state index contributed by atoms with van der Waals surface area (Å²) >= 11 is 0. The number of oxazole rings is 1. The van der Waals surface area contributed by atoms with Gasteiger partial charge in [0.05, 0.1) is 12.1 Å². The van der Waals surface area contributed by atoms with Crippen molar-refractivity contribution in [3.63, 3.8) is 0 Å². The van der Waals surface area contributed by atoms with Gasteiger partial charge in [-0.1, -0.05) is 0 Å². The molecule has 2 N–H and O–H groups in total. The van der Waals surface area contributed by atoms with Crippen LogP contribution in [0.3, 0.4) is 0 Å². The van der Waals surface area contributed by atoms with E-state index in [4.69, 9.17) is 10.2 Å². The van der Waals surface area contributed by atoms with E-state index in [1.54, 1.807) is 33.6 Å². The van der Waals surface area contributed by atoms with E-state index in [0.717, 1.165) is 0 Å². The lowest BCUT2D eigenvalue weighted by molar-refractivity contribution is 0.471. The molecule has 3 aromatic rings. The lowest BCUT2D eigenvalue weighted by Crippen LogP contribution is -2.17. The first-order valence-corrected chi connectivity index (χ1v) is 5.60. The molecule has 0 radical (unpaired) electrons. The van der Waals surface area contributed by atoms with Crippen molar-refractivity contribution in [1.82, 2.24) is 14.3 Å². The van der Waals surface area contributed by atoms with E-state index in [2.05, 4.69) is 5.10 Å². The Labute approximate surface area is 102 Å². The third-order valence-corrected chi connectivity index (χ3v) is 2.80. The predicted octanol–water partition coefficient (Wildman–Crippen LogP) is 1.07. The van der Waals surface area contributed by atoms with E-state index in [1.165, 1.54) is 0 Å². The maximum atomic E-state index is 11.7. The molecule has 92 valence electrons. The number of nitrogens with zero attached hydrogens (tertiary/aromatic N) is 3. The minimum atomic E-state index is -0.372. The number of fused-ring (bicyclic) bond motifs is 1. The summed E-state index contributed by atoms with van der Waals surface area (Å²) in [6.45, 7) is 1.10. The highest BCUT2D eigenvalue weighted by Crippen LogP contribution is 2.16. The Morgan fingerprint density at radius 2 is 2.22 bits per heavy atom. The van der Waals surface area contributed by atoms with Crippen molar-refractivity contribution in [2.45, 2.75) is 13.1 Å². The van der Waals surface area contributed by atoms with Crippen LogP contribution >= 0.6 is 0 Å². The molecule has 18 heavy (non-hydrogen) atoms. The van der Waals surface area contributed by atoms with Gasteiger partial charge in [0.15, 0.2) is 5.58 Å². The van der Waals surface area contributed by atoms with Crippen molar-refractivity contribution in [2.24, 2.45) is 0 Å². The van der Waals surface area contributed by atoms with Crippen molar-refractivity contribution >= 4 is 16.8 Å². The third-order valence-electron chi connectivity index (χ3n) is 2.80. The molecule has 0 aliphatic heterocycles. The average Bonchev–Trinajstić information content (AvgIpc) is 2.94. The summed E-state index contributed by atoms with van der Waals surface area (Å²) < 4.78 is 8.47. The van der Waals surface area contributed by atoms with E-state index in [9.17, 15) is 4.79 Å². The Balaban J connectivity index is 1.98. The van der Waals surface area contributed by atoms with E-state index < -0.39 is 0 Å². The minimum Gasteiger partial charge on any atom is -0.408 e. The minimum absolute atomic E-state index is 0.372. The van der Waals surface area contributed by atoms with Crippen LogP contribution in [0.1, 0.15) is 0 Å². The van der Waals surface area contributed by atoms with Crippen LogP contribution in [0.5, 0.6) is 0 Å². The summed E-state index contributed by atoms with van der Waals surface area (Å²) in [6, 6.07) is 7.00. The van der Waals surface area contributed by atoms with Crippen molar-refractivity contribution in [2.75, 3.05) is 5.73 Å². The first-order valence-electron chi connectivity index (χ1n) is 5.60. The molecule has 3 rings (SSSR count). The normalized spacial score (nSPS) is 11.1. The lowest BCUT2D eigenvalue weighted by atomic mass is 10.3. The third kappa shape index (κ3) is 1.77. The zero-order valence-corrected chi connectivity index (χ0v) is 9.61. The monoisotopic (exact) mass is 244 g/mol. The first kappa shape index (κ1) is 10.6. The summed E-state index contributed by atoms with van der Waals surface area (Å²) in [5.74, 6) is -0.372. The highest BCUT2D eigenvalue weighted by Gasteiger charge is 2.09. The van der Waals surface area contributed by atoms with Crippen molar-refractivity contribution in [1.29, 1.82) is 0 Å². The van der Waals surface area contributed by atoms with Gasteiger partial charge in [0.1, 0.15) is 0 Å². The van der Waals surface area contributed by atoms with Gasteiger partial charge in [0.25, 0.3) is 0 Å². The van der Waals surface area contributed by atoms with Gasteiger partial charge < -0.3 is 10.2 Å². The van der Waals surface area contributed by atoms with Crippen LogP contribution in [0.2, 0.25) is 0 Å². The number of benzene rings is 1. The second kappa shape index (κ2) is 4.06. The zero-order valence-electron chi connectivity index (χ0n) is 9.61. The van der Waals surface area contributed by atoms with E-state index in [-0.39, 0.29) is 5.76 Å². The molecule has 0 aliphatic rings. The van der Waals surface area contributed by atoms with Crippen LogP contribution in [0, 0.1) is 0 Å². The second-order valence-corrected chi connectivity index (χ2v) is 4.02.